The summed E-state index contributed by atoms with van der Waals surface area (Å²) in [7, 11) is 0. The predicted molar refractivity (Wildman–Crippen MR) is 191 cm³/mol. The summed E-state index contributed by atoms with van der Waals surface area (Å²) in [5, 5.41) is 14.1. The van der Waals surface area contributed by atoms with Gasteiger partial charge in [0.05, 0.1) is 37.8 Å². The third kappa shape index (κ3) is 7.72. The summed E-state index contributed by atoms with van der Waals surface area (Å²) in [4.78, 5) is 45.9. The molecule has 3 aromatic rings. The van der Waals surface area contributed by atoms with E-state index in [4.69, 9.17) is 4.74 Å². The number of halogens is 1. The second-order valence-corrected chi connectivity index (χ2v) is 14.9. The molecular formula is C41H51ClN4O5. The van der Waals surface area contributed by atoms with Crippen LogP contribution in [-0.2, 0) is 24.5 Å². The lowest BCUT2D eigenvalue weighted by molar-refractivity contribution is -0.942. The van der Waals surface area contributed by atoms with Crippen molar-refractivity contribution in [2.75, 3.05) is 59.0 Å². The lowest BCUT2D eigenvalue weighted by Crippen LogP contribution is -3.00. The van der Waals surface area contributed by atoms with Crippen molar-refractivity contribution in [3.8, 4) is 0 Å². The Morgan fingerprint density at radius 2 is 1.37 bits per heavy atom. The molecule has 4 heterocycles. The van der Waals surface area contributed by atoms with Crippen molar-refractivity contribution in [3.63, 3.8) is 0 Å². The summed E-state index contributed by atoms with van der Waals surface area (Å²) >= 11 is 0. The Balaban J connectivity index is 0.00000448. The van der Waals surface area contributed by atoms with Crippen molar-refractivity contribution in [2.45, 2.75) is 62.1 Å². The molecule has 2 N–H and O–H groups in total. The van der Waals surface area contributed by atoms with Crippen LogP contribution in [0.15, 0.2) is 91.0 Å². The van der Waals surface area contributed by atoms with Gasteiger partial charge in [0.25, 0.3) is 0 Å². The van der Waals surface area contributed by atoms with E-state index in [-0.39, 0.29) is 49.5 Å². The number of morpholine rings is 1. The Hall–Kier alpha value is -3.76. The summed E-state index contributed by atoms with van der Waals surface area (Å²) < 4.78 is 6.71. The monoisotopic (exact) mass is 714 g/mol. The number of amides is 3. The average Bonchev–Trinajstić information content (AvgIpc) is 3.82. The standard InChI is InChI=1S/C41H50N4O5.ClH/c46-35-26-37(40(49)43-20-10-19-36(43)39(48)42-28-31-12-11-21-45(30-31)22-24-50-25-23-45)44(29-35)38(47)27-41(32-13-4-1-5-14-32,33-15-6-2-7-16-33)34-17-8-3-9-18-34;/h1-9,13-18,31,35-37,46H,10-12,19-30H2;1H/t31-,35-,36-,37+;/m1./s1. The molecule has 51 heavy (non-hydrogen) atoms. The molecule has 1 spiro atoms. The number of benzene rings is 3. The average molecular weight is 715 g/mol. The molecule has 4 fully saturated rings. The quantitative estimate of drug-likeness (QED) is 0.252. The molecule has 7 rings (SSSR count). The Morgan fingerprint density at radius 3 is 1.96 bits per heavy atom. The molecule has 0 saturated carbocycles. The number of ether oxygens (including phenoxy) is 1. The first kappa shape index (κ1) is 37.0. The number of hydrogen-bond acceptors (Lipinski definition) is 5. The Kier molecular flexibility index (Phi) is 11.8. The van der Waals surface area contributed by atoms with E-state index in [9.17, 15) is 19.5 Å². The van der Waals surface area contributed by atoms with Gasteiger partial charge >= 0.3 is 0 Å². The van der Waals surface area contributed by atoms with Gasteiger partial charge in [0.2, 0.25) is 17.7 Å². The number of nitrogens with one attached hydrogen (secondary N) is 1. The van der Waals surface area contributed by atoms with Gasteiger partial charge in [0, 0.05) is 38.4 Å². The zero-order valence-corrected chi connectivity index (χ0v) is 30.1. The fraction of sp³-hybridized carbons (Fsp3) is 0.488. The third-order valence-electron chi connectivity index (χ3n) is 11.8. The SMILES string of the molecule is O=C(NC[C@H]1CCC[N+]2(CCOCC2)C1)[C@H]1CCCN1C(=O)[C@@H]1C[C@@H](O)CN1C(=O)CC(c1ccccc1)(c1ccccc1)c1ccccc1.[Cl-]. The minimum atomic E-state index is -0.824. The van der Waals surface area contributed by atoms with Crippen molar-refractivity contribution >= 4 is 17.7 Å². The van der Waals surface area contributed by atoms with Crippen LogP contribution in [0.25, 0.3) is 0 Å². The van der Waals surface area contributed by atoms with Crippen LogP contribution in [0.3, 0.4) is 0 Å². The first-order valence-electron chi connectivity index (χ1n) is 18.5. The van der Waals surface area contributed by atoms with E-state index in [2.05, 4.69) is 41.7 Å². The molecule has 0 bridgehead atoms. The molecule has 9 nitrogen and oxygen atoms in total. The number of likely N-dealkylation sites (tertiary alicyclic amines) is 2. The largest absolute Gasteiger partial charge is 1.00 e. The molecule has 0 radical (unpaired) electrons. The van der Waals surface area contributed by atoms with Gasteiger partial charge in [-0.3, -0.25) is 14.4 Å². The van der Waals surface area contributed by atoms with E-state index in [0.717, 1.165) is 73.3 Å². The van der Waals surface area contributed by atoms with Crippen LogP contribution in [0.2, 0.25) is 0 Å². The van der Waals surface area contributed by atoms with Crippen molar-refractivity contribution in [3.05, 3.63) is 108 Å². The van der Waals surface area contributed by atoms with Crippen molar-refractivity contribution < 1.29 is 41.1 Å². The maximum absolute atomic E-state index is 14.6. The number of quaternary nitrogens is 1. The maximum atomic E-state index is 14.6. The highest BCUT2D eigenvalue weighted by Crippen LogP contribution is 2.43. The Bertz CT molecular complexity index is 1520. The van der Waals surface area contributed by atoms with E-state index in [1.165, 1.54) is 6.54 Å². The van der Waals surface area contributed by atoms with Gasteiger partial charge in [0.1, 0.15) is 25.2 Å². The van der Waals surface area contributed by atoms with Crippen LogP contribution in [0.4, 0.5) is 0 Å². The fourth-order valence-electron chi connectivity index (χ4n) is 9.23. The molecule has 3 amide bonds. The molecule has 272 valence electrons. The molecule has 4 atom stereocenters. The van der Waals surface area contributed by atoms with Gasteiger partial charge in [-0.2, -0.15) is 0 Å². The topological polar surface area (TPSA) is 99.2 Å². The molecule has 3 aromatic carbocycles. The van der Waals surface area contributed by atoms with Crippen molar-refractivity contribution in [1.82, 2.24) is 15.1 Å². The number of carbonyl (C=O) groups excluding carboxylic acids is 3. The second-order valence-electron chi connectivity index (χ2n) is 14.9. The smallest absolute Gasteiger partial charge is 0.246 e. The number of carbonyl (C=O) groups is 3. The van der Waals surface area contributed by atoms with E-state index in [0.29, 0.717) is 25.4 Å². The van der Waals surface area contributed by atoms with E-state index < -0.39 is 23.6 Å². The van der Waals surface area contributed by atoms with Crippen LogP contribution in [-0.4, -0.2) is 114 Å². The molecule has 4 aliphatic rings. The molecule has 4 saturated heterocycles. The van der Waals surface area contributed by atoms with Crippen molar-refractivity contribution in [2.24, 2.45) is 5.92 Å². The summed E-state index contributed by atoms with van der Waals surface area (Å²) in [6.45, 7) is 7.11. The number of β-amino-alcohol motifs (C(OH)–C–C–N with tert-alkyl or cyclic N) is 1. The van der Waals surface area contributed by atoms with Crippen molar-refractivity contribution in [1.29, 1.82) is 0 Å². The highest BCUT2D eigenvalue weighted by Gasteiger charge is 2.47. The maximum Gasteiger partial charge on any atom is 0.246 e. The number of aliphatic hydroxyl groups excluding tert-OH is 1. The van der Waals surface area contributed by atoms with Gasteiger partial charge in [-0.05, 0) is 42.4 Å². The van der Waals surface area contributed by atoms with Crippen LogP contribution >= 0.6 is 0 Å². The van der Waals surface area contributed by atoms with Crippen LogP contribution in [0.5, 0.6) is 0 Å². The van der Waals surface area contributed by atoms with Gasteiger partial charge in [0.15, 0.2) is 0 Å². The molecule has 0 aromatic heterocycles. The molecule has 0 aliphatic carbocycles. The predicted octanol–water partition coefficient (Wildman–Crippen LogP) is 0.741. The van der Waals surface area contributed by atoms with E-state index >= 15 is 0 Å². The zero-order valence-electron chi connectivity index (χ0n) is 29.4. The van der Waals surface area contributed by atoms with Gasteiger partial charge in [-0.25, -0.2) is 0 Å². The van der Waals surface area contributed by atoms with Crippen LogP contribution in [0.1, 0.15) is 55.2 Å². The lowest BCUT2D eigenvalue weighted by atomic mass is 9.67. The normalized spacial score (nSPS) is 24.6. The third-order valence-corrected chi connectivity index (χ3v) is 11.8. The number of piperidine rings is 1. The molecule has 10 heteroatoms. The van der Waals surface area contributed by atoms with Crippen LogP contribution in [0, 0.1) is 5.92 Å². The second kappa shape index (κ2) is 16.3. The first-order valence-corrected chi connectivity index (χ1v) is 18.5. The van der Waals surface area contributed by atoms with Gasteiger partial charge < -0.3 is 41.9 Å². The Labute approximate surface area is 308 Å². The van der Waals surface area contributed by atoms with Crippen LogP contribution < -0.4 is 17.7 Å². The van der Waals surface area contributed by atoms with Gasteiger partial charge in [-0.15, -0.1) is 0 Å². The number of hydrogen-bond donors (Lipinski definition) is 2. The lowest BCUT2D eigenvalue weighted by Gasteiger charge is -2.46. The van der Waals surface area contributed by atoms with Gasteiger partial charge in [-0.1, -0.05) is 91.0 Å². The molecule has 0 unspecified atom stereocenters. The highest BCUT2D eigenvalue weighted by molar-refractivity contribution is 5.93. The fourth-order valence-corrected chi connectivity index (χ4v) is 9.23. The minimum absolute atomic E-state index is 0. The Morgan fingerprint density at radius 1 is 0.784 bits per heavy atom. The minimum Gasteiger partial charge on any atom is -1.00 e. The summed E-state index contributed by atoms with van der Waals surface area (Å²) in [6.07, 6.45) is 3.02. The summed E-state index contributed by atoms with van der Waals surface area (Å²) in [5.41, 5.74) is 2.11. The van der Waals surface area contributed by atoms with E-state index in [1.807, 2.05) is 54.6 Å². The summed E-state index contributed by atoms with van der Waals surface area (Å²) in [5.74, 6) is -0.141. The molecular weight excluding hydrogens is 664 g/mol. The number of nitrogens with zero attached hydrogens (tertiary/aromatic N) is 3. The number of rotatable bonds is 9. The summed E-state index contributed by atoms with van der Waals surface area (Å²) in [6, 6.07) is 28.8. The zero-order chi connectivity index (χ0) is 34.6. The van der Waals surface area contributed by atoms with E-state index in [1.54, 1.807) is 9.80 Å². The number of aliphatic hydroxyl groups is 1. The highest BCUT2D eigenvalue weighted by atomic mass is 35.5. The first-order chi connectivity index (χ1) is 24.4. The molecule has 4 aliphatic heterocycles.